The number of nitrogens with zero attached hydrogens (tertiary/aromatic N) is 6. The summed E-state index contributed by atoms with van der Waals surface area (Å²) in [6.45, 7) is 5.13. The third-order valence-corrected chi connectivity index (χ3v) is 8.15. The molecule has 8 bridgehead atoms. The van der Waals surface area contributed by atoms with E-state index in [0.717, 1.165) is 44.0 Å². The van der Waals surface area contributed by atoms with Crippen molar-refractivity contribution in [3.63, 3.8) is 0 Å². The molecule has 1 N–H and O–H groups in total. The molecule has 0 atom stereocenters. The fourth-order valence-corrected chi connectivity index (χ4v) is 5.64. The summed E-state index contributed by atoms with van der Waals surface area (Å²) in [5, 5.41) is 3.31. The van der Waals surface area contributed by atoms with Crippen molar-refractivity contribution in [1.82, 2.24) is 29.1 Å². The third kappa shape index (κ3) is 6.98. The van der Waals surface area contributed by atoms with Gasteiger partial charge in [-0.1, -0.05) is 12.1 Å². The van der Waals surface area contributed by atoms with Gasteiger partial charge in [0, 0.05) is 69.3 Å². The summed E-state index contributed by atoms with van der Waals surface area (Å²) < 4.78 is 26.2. The highest BCUT2D eigenvalue weighted by Gasteiger charge is 2.21. The normalized spacial score (nSPS) is 21.7. The topological polar surface area (TPSA) is 112 Å². The maximum absolute atomic E-state index is 12.6. The molecule has 5 aliphatic heterocycles. The lowest BCUT2D eigenvalue weighted by Crippen LogP contribution is -2.47. The van der Waals surface area contributed by atoms with Crippen LogP contribution in [0.5, 0.6) is 0 Å². The molecule has 38 heavy (non-hydrogen) atoms. The Morgan fingerprint density at radius 2 is 1.68 bits per heavy atom. The fraction of sp³-hybridized carbons (Fsp3) is 0.407. The van der Waals surface area contributed by atoms with Crippen molar-refractivity contribution in [1.29, 1.82) is 0 Å². The Hall–Kier alpha value is -3.25. The number of anilines is 2. The smallest absolute Gasteiger partial charge is 0.227 e. The number of carbonyl (C=O) groups excluding carboxylic acids is 1. The second-order valence-electron chi connectivity index (χ2n) is 9.92. The first-order valence-corrected chi connectivity index (χ1v) is 14.7. The summed E-state index contributed by atoms with van der Waals surface area (Å²) in [6.07, 6.45) is 5.43. The van der Waals surface area contributed by atoms with E-state index in [1.807, 2.05) is 30.3 Å². The number of nitrogens with one attached hydrogen (secondary N) is 1. The number of hydrogen-bond acceptors (Lipinski definition) is 9. The molecular weight excluding hydrogens is 502 g/mol. The van der Waals surface area contributed by atoms with Crippen LogP contribution in [-0.4, -0.2) is 88.8 Å². The highest BCUT2D eigenvalue weighted by Crippen LogP contribution is 2.21. The van der Waals surface area contributed by atoms with Gasteiger partial charge in [0.25, 0.3) is 0 Å². The number of piperazine rings is 1. The lowest BCUT2D eigenvalue weighted by atomic mass is 10.1. The van der Waals surface area contributed by atoms with E-state index in [-0.39, 0.29) is 18.9 Å². The maximum atomic E-state index is 12.6. The van der Waals surface area contributed by atoms with E-state index in [1.165, 1.54) is 16.1 Å². The summed E-state index contributed by atoms with van der Waals surface area (Å²) in [4.78, 5) is 30.8. The number of rotatable bonds is 1. The molecule has 1 fully saturated rings. The minimum absolute atomic E-state index is 0.148. The summed E-state index contributed by atoms with van der Waals surface area (Å²) in [5.74, 6) is 0.637. The van der Waals surface area contributed by atoms with Crippen LogP contribution in [0, 0.1) is 0 Å². The zero-order chi connectivity index (χ0) is 26.5. The number of pyridine rings is 1. The van der Waals surface area contributed by atoms with Crippen LogP contribution in [0.2, 0.25) is 0 Å². The quantitative estimate of drug-likeness (QED) is 0.502. The molecule has 5 aliphatic rings. The Labute approximate surface area is 223 Å². The summed E-state index contributed by atoms with van der Waals surface area (Å²) >= 11 is 0. The van der Waals surface area contributed by atoms with Crippen LogP contribution in [0.3, 0.4) is 0 Å². The fourth-order valence-electron chi connectivity index (χ4n) is 4.81. The molecule has 0 spiro atoms. The van der Waals surface area contributed by atoms with Gasteiger partial charge in [-0.25, -0.2) is 18.4 Å². The summed E-state index contributed by atoms with van der Waals surface area (Å²) in [6, 6.07) is 13.8. The number of Topliss-reactive ketones (excluding diaryl/α,β-unsaturated/α-hetero) is 1. The molecule has 0 amide bonds. The van der Waals surface area contributed by atoms with Crippen molar-refractivity contribution in [3.8, 4) is 11.3 Å². The number of sulfonamides is 1. The van der Waals surface area contributed by atoms with E-state index >= 15 is 0 Å². The molecule has 2 aromatic heterocycles. The molecule has 200 valence electrons. The number of benzene rings is 1. The van der Waals surface area contributed by atoms with Gasteiger partial charge >= 0.3 is 0 Å². The first-order chi connectivity index (χ1) is 18.3. The van der Waals surface area contributed by atoms with E-state index in [1.54, 1.807) is 12.4 Å². The van der Waals surface area contributed by atoms with Crippen LogP contribution < -0.4 is 5.32 Å². The van der Waals surface area contributed by atoms with Crippen molar-refractivity contribution in [2.75, 3.05) is 50.8 Å². The Bertz CT molecular complexity index is 1370. The van der Waals surface area contributed by atoms with Gasteiger partial charge in [-0.05, 0) is 42.3 Å². The molecule has 1 aromatic carbocycles. The zero-order valence-corrected chi connectivity index (χ0v) is 22.4. The number of ketones is 1. The van der Waals surface area contributed by atoms with Gasteiger partial charge in [0.15, 0.2) is 0 Å². The SMILES string of the molecule is CS(=O)(=O)N1CCCC(=O)CN2CCN(CC2)Cc2cccc(c2)Nc2nccc(n2)-c2ccc(nc2)C1. The van der Waals surface area contributed by atoms with E-state index in [0.29, 0.717) is 36.7 Å². The van der Waals surface area contributed by atoms with Crippen molar-refractivity contribution in [3.05, 3.63) is 66.1 Å². The molecule has 0 radical (unpaired) electrons. The Balaban J connectivity index is 1.41. The Kier molecular flexibility index (Phi) is 8.08. The van der Waals surface area contributed by atoms with Gasteiger partial charge in [0.2, 0.25) is 16.0 Å². The van der Waals surface area contributed by atoms with Crippen molar-refractivity contribution < 1.29 is 13.2 Å². The molecular formula is C27H33N7O3S. The molecule has 10 nitrogen and oxygen atoms in total. The Morgan fingerprint density at radius 1 is 0.895 bits per heavy atom. The van der Waals surface area contributed by atoms with E-state index in [4.69, 9.17) is 0 Å². The highest BCUT2D eigenvalue weighted by atomic mass is 32.2. The van der Waals surface area contributed by atoms with Gasteiger partial charge in [0.05, 0.1) is 30.7 Å². The number of aromatic nitrogens is 3. The molecule has 0 unspecified atom stereocenters. The summed E-state index contributed by atoms with van der Waals surface area (Å²) in [7, 11) is -3.45. The van der Waals surface area contributed by atoms with E-state index < -0.39 is 10.0 Å². The molecule has 0 saturated carbocycles. The van der Waals surface area contributed by atoms with Gasteiger partial charge in [-0.15, -0.1) is 0 Å². The van der Waals surface area contributed by atoms with Crippen LogP contribution >= 0.6 is 0 Å². The van der Waals surface area contributed by atoms with Gasteiger partial charge in [0.1, 0.15) is 5.78 Å². The molecule has 3 aromatic rings. The second kappa shape index (κ2) is 11.6. The highest BCUT2D eigenvalue weighted by molar-refractivity contribution is 7.88. The van der Waals surface area contributed by atoms with Crippen LogP contribution in [-0.2, 0) is 27.9 Å². The van der Waals surface area contributed by atoms with Crippen molar-refractivity contribution >= 4 is 27.4 Å². The first-order valence-electron chi connectivity index (χ1n) is 12.9. The van der Waals surface area contributed by atoms with Crippen LogP contribution in [0.4, 0.5) is 11.6 Å². The van der Waals surface area contributed by atoms with E-state index in [9.17, 15) is 13.2 Å². The van der Waals surface area contributed by atoms with Crippen LogP contribution in [0.25, 0.3) is 11.3 Å². The lowest BCUT2D eigenvalue weighted by molar-refractivity contribution is -0.120. The third-order valence-electron chi connectivity index (χ3n) is 6.90. The van der Waals surface area contributed by atoms with Crippen molar-refractivity contribution in [2.45, 2.75) is 25.9 Å². The predicted molar refractivity (Wildman–Crippen MR) is 146 cm³/mol. The Morgan fingerprint density at radius 3 is 2.42 bits per heavy atom. The minimum atomic E-state index is -3.45. The zero-order valence-electron chi connectivity index (χ0n) is 21.6. The molecule has 7 heterocycles. The average molecular weight is 536 g/mol. The molecule has 11 heteroatoms. The van der Waals surface area contributed by atoms with Crippen molar-refractivity contribution in [2.24, 2.45) is 0 Å². The summed E-state index contributed by atoms with van der Waals surface area (Å²) in [5.41, 5.74) is 4.26. The average Bonchev–Trinajstić information content (AvgIpc) is 2.89. The molecule has 1 saturated heterocycles. The van der Waals surface area contributed by atoms with Gasteiger partial charge in [-0.3, -0.25) is 19.6 Å². The standard InChI is InChI=1S/C27H33N7O3S/c1-38(36,37)34-11-3-6-25(35)20-33-14-12-32(13-15-33)18-21-4-2-5-23(16-21)30-27-28-10-9-26(31-27)22-7-8-24(19-34)29-17-22/h2,4-5,7-10,16-17H,3,6,11-15,18-20H2,1H3,(H,28,30,31). The molecule has 8 rings (SSSR count). The first kappa shape index (κ1) is 26.4. The maximum Gasteiger partial charge on any atom is 0.227 e. The predicted octanol–water partition coefficient (Wildman–Crippen LogP) is 2.52. The second-order valence-corrected chi connectivity index (χ2v) is 11.9. The monoisotopic (exact) mass is 535 g/mol. The largest absolute Gasteiger partial charge is 0.324 e. The van der Waals surface area contributed by atoms with Crippen LogP contribution in [0.1, 0.15) is 24.1 Å². The van der Waals surface area contributed by atoms with Crippen LogP contribution in [0.15, 0.2) is 54.9 Å². The molecule has 0 aliphatic carbocycles. The number of carbonyl (C=O) groups is 1. The number of hydrogen-bond donors (Lipinski definition) is 1. The van der Waals surface area contributed by atoms with E-state index in [2.05, 4.69) is 42.2 Å². The van der Waals surface area contributed by atoms with Gasteiger partial charge < -0.3 is 5.32 Å². The lowest BCUT2D eigenvalue weighted by Gasteiger charge is -2.34. The van der Waals surface area contributed by atoms with Gasteiger partial charge in [-0.2, -0.15) is 4.31 Å². The minimum Gasteiger partial charge on any atom is -0.324 e.